The van der Waals surface area contributed by atoms with Gasteiger partial charge in [-0.25, -0.2) is 0 Å². The van der Waals surface area contributed by atoms with Crippen molar-refractivity contribution in [3.8, 4) is 5.75 Å². The minimum absolute atomic E-state index is 0.0447. The first-order valence-corrected chi connectivity index (χ1v) is 11.2. The Hall–Kier alpha value is -1.95. The summed E-state index contributed by atoms with van der Waals surface area (Å²) in [5.74, 6) is 0.00194. The van der Waals surface area contributed by atoms with E-state index >= 15 is 0 Å². The highest BCUT2D eigenvalue weighted by molar-refractivity contribution is 6.42. The van der Waals surface area contributed by atoms with Gasteiger partial charge < -0.3 is 15.0 Å². The first-order chi connectivity index (χ1) is 14.6. The molecule has 1 atom stereocenters. The molecule has 5 nitrogen and oxygen atoms in total. The molecular formula is C23H27Cl3N2O3. The highest BCUT2D eigenvalue weighted by Crippen LogP contribution is 2.25. The van der Waals surface area contributed by atoms with Crippen LogP contribution in [0, 0.1) is 6.92 Å². The van der Waals surface area contributed by atoms with E-state index in [0.29, 0.717) is 27.2 Å². The van der Waals surface area contributed by atoms with Crippen LogP contribution in [0.4, 0.5) is 0 Å². The minimum atomic E-state index is -0.653. The summed E-state index contributed by atoms with van der Waals surface area (Å²) < 4.78 is 5.69. The van der Waals surface area contributed by atoms with Gasteiger partial charge in [0.05, 0.1) is 10.0 Å². The second-order valence-electron chi connectivity index (χ2n) is 7.56. The summed E-state index contributed by atoms with van der Waals surface area (Å²) in [7, 11) is 0. The van der Waals surface area contributed by atoms with Crippen molar-refractivity contribution >= 4 is 46.6 Å². The number of hydrogen-bond acceptors (Lipinski definition) is 3. The van der Waals surface area contributed by atoms with Crippen molar-refractivity contribution in [3.63, 3.8) is 0 Å². The molecule has 0 aliphatic rings. The van der Waals surface area contributed by atoms with Gasteiger partial charge in [-0.3, -0.25) is 9.59 Å². The van der Waals surface area contributed by atoms with Gasteiger partial charge in [-0.1, -0.05) is 47.8 Å². The Kier molecular flexibility index (Phi) is 9.48. The maximum Gasteiger partial charge on any atom is 0.261 e. The topological polar surface area (TPSA) is 58.6 Å². The molecule has 31 heavy (non-hydrogen) atoms. The van der Waals surface area contributed by atoms with Gasteiger partial charge in [-0.15, -0.1) is 0 Å². The molecular weight excluding hydrogens is 459 g/mol. The van der Waals surface area contributed by atoms with E-state index in [0.717, 1.165) is 11.1 Å². The van der Waals surface area contributed by atoms with Gasteiger partial charge >= 0.3 is 0 Å². The van der Waals surface area contributed by atoms with E-state index in [9.17, 15) is 9.59 Å². The molecule has 2 amide bonds. The molecule has 0 unspecified atom stereocenters. The molecule has 0 aromatic heterocycles. The maximum atomic E-state index is 13.2. The van der Waals surface area contributed by atoms with Crippen LogP contribution in [0.5, 0.6) is 5.75 Å². The number of benzene rings is 2. The molecule has 0 fully saturated rings. The van der Waals surface area contributed by atoms with Crippen LogP contribution < -0.4 is 10.1 Å². The van der Waals surface area contributed by atoms with Crippen LogP contribution in [-0.2, 0) is 16.1 Å². The van der Waals surface area contributed by atoms with Crippen LogP contribution in [0.3, 0.4) is 0 Å². The second-order valence-corrected chi connectivity index (χ2v) is 8.78. The Balaban J connectivity index is 2.25. The lowest BCUT2D eigenvalue weighted by atomic mass is 10.1. The molecule has 0 radical (unpaired) electrons. The third-order valence-corrected chi connectivity index (χ3v) is 5.81. The van der Waals surface area contributed by atoms with E-state index in [-0.39, 0.29) is 31.0 Å². The van der Waals surface area contributed by atoms with Crippen LogP contribution >= 0.6 is 34.8 Å². The fourth-order valence-corrected chi connectivity index (χ4v) is 3.51. The number of ether oxygens (including phenoxy) is 1. The van der Waals surface area contributed by atoms with Crippen molar-refractivity contribution in [2.45, 2.75) is 52.7 Å². The molecule has 2 aromatic carbocycles. The number of aryl methyl sites for hydroxylation is 1. The molecule has 2 rings (SSSR count). The molecule has 2 aromatic rings. The third kappa shape index (κ3) is 7.30. The van der Waals surface area contributed by atoms with Gasteiger partial charge in [-0.05, 0) is 68.7 Å². The van der Waals surface area contributed by atoms with E-state index in [2.05, 4.69) is 5.32 Å². The molecule has 0 saturated heterocycles. The average molecular weight is 486 g/mol. The van der Waals surface area contributed by atoms with Crippen molar-refractivity contribution in [1.82, 2.24) is 10.2 Å². The molecule has 0 heterocycles. The Labute approximate surface area is 198 Å². The highest BCUT2D eigenvalue weighted by atomic mass is 35.5. The lowest BCUT2D eigenvalue weighted by Crippen LogP contribution is -2.51. The summed E-state index contributed by atoms with van der Waals surface area (Å²) >= 11 is 18.2. The van der Waals surface area contributed by atoms with Crippen molar-refractivity contribution in [2.75, 3.05) is 6.61 Å². The van der Waals surface area contributed by atoms with Gasteiger partial charge in [0.15, 0.2) is 6.61 Å². The van der Waals surface area contributed by atoms with Crippen LogP contribution in [0.25, 0.3) is 0 Å². The minimum Gasteiger partial charge on any atom is -0.484 e. The zero-order valence-corrected chi connectivity index (χ0v) is 20.3. The summed E-state index contributed by atoms with van der Waals surface area (Å²) in [5, 5.41) is 4.32. The van der Waals surface area contributed by atoms with Gasteiger partial charge in [0.2, 0.25) is 5.91 Å². The molecule has 1 N–H and O–H groups in total. The summed E-state index contributed by atoms with van der Waals surface area (Å²) in [6, 6.07) is 9.64. The van der Waals surface area contributed by atoms with E-state index in [1.54, 1.807) is 36.4 Å². The fraction of sp³-hybridized carbons (Fsp3) is 0.391. The summed E-state index contributed by atoms with van der Waals surface area (Å²) in [4.78, 5) is 27.5. The van der Waals surface area contributed by atoms with Gasteiger partial charge in [0, 0.05) is 17.6 Å². The SMILES string of the molecule is CC[C@@H](C(=O)NC(C)C)N(Cc1ccc(Cl)c(Cl)c1)C(=O)COc1ccc(Cl)c(C)c1. The first-order valence-electron chi connectivity index (χ1n) is 10.0. The van der Waals surface area contributed by atoms with Crippen molar-refractivity contribution < 1.29 is 14.3 Å². The monoisotopic (exact) mass is 484 g/mol. The van der Waals surface area contributed by atoms with Crippen LogP contribution in [0.2, 0.25) is 15.1 Å². The number of carbonyl (C=O) groups is 2. The Morgan fingerprint density at radius 3 is 2.29 bits per heavy atom. The Bertz CT molecular complexity index is 934. The molecule has 0 bridgehead atoms. The number of nitrogens with zero attached hydrogens (tertiary/aromatic N) is 1. The number of halogens is 3. The number of hydrogen-bond donors (Lipinski definition) is 1. The predicted octanol–water partition coefficient (Wildman–Crippen LogP) is 5.67. The van der Waals surface area contributed by atoms with E-state index in [1.165, 1.54) is 4.90 Å². The lowest BCUT2D eigenvalue weighted by molar-refractivity contribution is -0.143. The number of carbonyl (C=O) groups excluding carboxylic acids is 2. The predicted molar refractivity (Wildman–Crippen MR) is 126 cm³/mol. The zero-order chi connectivity index (χ0) is 23.1. The standard InChI is InChI=1S/C23H27Cl3N2O3/c1-5-21(23(30)27-14(2)3)28(12-16-6-8-19(25)20(26)11-16)22(29)13-31-17-7-9-18(24)15(4)10-17/h6-11,14,21H,5,12-13H2,1-4H3,(H,27,30)/t21-/m0/s1. The molecule has 8 heteroatoms. The van der Waals surface area contributed by atoms with Gasteiger partial charge in [0.25, 0.3) is 5.91 Å². The first kappa shape index (κ1) is 25.3. The normalized spacial score (nSPS) is 11.9. The zero-order valence-electron chi connectivity index (χ0n) is 18.0. The molecule has 0 aliphatic carbocycles. The van der Waals surface area contributed by atoms with Crippen LogP contribution in [-0.4, -0.2) is 35.4 Å². The highest BCUT2D eigenvalue weighted by Gasteiger charge is 2.29. The average Bonchev–Trinajstić information content (AvgIpc) is 2.70. The van der Waals surface area contributed by atoms with E-state index in [4.69, 9.17) is 39.5 Å². The molecule has 0 spiro atoms. The fourth-order valence-electron chi connectivity index (χ4n) is 3.07. The number of nitrogens with one attached hydrogen (secondary N) is 1. The quantitative estimate of drug-likeness (QED) is 0.498. The Morgan fingerprint density at radius 2 is 1.71 bits per heavy atom. The second kappa shape index (κ2) is 11.6. The molecule has 0 saturated carbocycles. The van der Waals surface area contributed by atoms with Gasteiger partial charge in [-0.2, -0.15) is 0 Å². The molecule has 168 valence electrons. The van der Waals surface area contributed by atoms with Crippen molar-refractivity contribution in [3.05, 3.63) is 62.6 Å². The van der Waals surface area contributed by atoms with Crippen LogP contribution in [0.1, 0.15) is 38.3 Å². The van der Waals surface area contributed by atoms with E-state index < -0.39 is 6.04 Å². The third-order valence-electron chi connectivity index (χ3n) is 4.65. The van der Waals surface area contributed by atoms with Crippen molar-refractivity contribution in [1.29, 1.82) is 0 Å². The molecule has 0 aliphatic heterocycles. The van der Waals surface area contributed by atoms with Crippen molar-refractivity contribution in [2.24, 2.45) is 0 Å². The maximum absolute atomic E-state index is 13.2. The summed E-state index contributed by atoms with van der Waals surface area (Å²) in [6.45, 7) is 7.46. The van der Waals surface area contributed by atoms with Gasteiger partial charge in [0.1, 0.15) is 11.8 Å². The van der Waals surface area contributed by atoms with Crippen LogP contribution in [0.15, 0.2) is 36.4 Å². The summed E-state index contributed by atoms with van der Waals surface area (Å²) in [6.07, 6.45) is 0.450. The smallest absolute Gasteiger partial charge is 0.261 e. The lowest BCUT2D eigenvalue weighted by Gasteiger charge is -2.31. The number of amides is 2. The number of rotatable bonds is 9. The largest absolute Gasteiger partial charge is 0.484 e. The Morgan fingerprint density at radius 1 is 1.03 bits per heavy atom. The summed E-state index contributed by atoms with van der Waals surface area (Å²) in [5.41, 5.74) is 1.61. The van der Waals surface area contributed by atoms with E-state index in [1.807, 2.05) is 27.7 Å².